The zero-order valence-corrected chi connectivity index (χ0v) is 10.2. The van der Waals surface area contributed by atoms with Crippen LogP contribution in [-0.4, -0.2) is 24.9 Å². The molecule has 1 rings (SSSR count). The average molecular weight is 337 g/mol. The Kier molecular flexibility index (Phi) is 4.52. The Hall–Kier alpha value is -0.920. The molecule has 0 amide bonds. The van der Waals surface area contributed by atoms with Gasteiger partial charge >= 0.3 is 12.1 Å². The van der Waals surface area contributed by atoms with E-state index >= 15 is 0 Å². The van der Waals surface area contributed by atoms with Crippen molar-refractivity contribution in [1.82, 2.24) is 0 Å². The molecule has 1 atom stereocenters. The average Bonchev–Trinajstić information content (AvgIpc) is 2.26. The summed E-state index contributed by atoms with van der Waals surface area (Å²) in [6.07, 6.45) is -9.87. The summed E-state index contributed by atoms with van der Waals surface area (Å²) in [6, 6.07) is 5.43. The fraction of sp³-hybridized carbons (Fsp3) is 0.400. The van der Waals surface area contributed by atoms with E-state index < -0.39 is 24.9 Å². The molecule has 0 heterocycles. The van der Waals surface area contributed by atoms with Crippen molar-refractivity contribution in [3.05, 3.63) is 28.7 Å². The molecule has 0 bridgehead atoms. The van der Waals surface area contributed by atoms with Crippen LogP contribution in [0.4, 0.5) is 26.3 Å². The first-order valence-electron chi connectivity index (χ1n) is 4.60. The van der Waals surface area contributed by atoms with E-state index in [1.807, 2.05) is 0 Å². The number of halogens is 7. The predicted molar refractivity (Wildman–Crippen MR) is 55.5 cm³/mol. The third kappa shape index (κ3) is 4.08. The number of hydrogen-bond acceptors (Lipinski definition) is 1. The van der Waals surface area contributed by atoms with E-state index in [2.05, 4.69) is 20.7 Å². The van der Waals surface area contributed by atoms with Gasteiger partial charge in [-0.1, -0.05) is 15.9 Å². The van der Waals surface area contributed by atoms with E-state index in [9.17, 15) is 26.3 Å². The van der Waals surface area contributed by atoms with E-state index in [-0.39, 0.29) is 5.75 Å². The standard InChI is InChI=1S/C10H7BrF6O/c11-6-1-3-7(4-2-6)18-5-9(13,14)8(12)10(15,16)17/h1-4,8H,5H2/t8-/m0/s1. The minimum Gasteiger partial charge on any atom is -0.487 e. The molecule has 0 aromatic heterocycles. The summed E-state index contributed by atoms with van der Waals surface area (Å²) < 4.78 is 78.7. The molecule has 0 saturated heterocycles. The number of ether oxygens (including phenoxy) is 1. The second kappa shape index (κ2) is 5.38. The topological polar surface area (TPSA) is 9.23 Å². The number of hydrogen-bond donors (Lipinski definition) is 0. The maximum Gasteiger partial charge on any atom is 0.425 e. The van der Waals surface area contributed by atoms with Gasteiger partial charge in [0.15, 0.2) is 6.61 Å². The van der Waals surface area contributed by atoms with Gasteiger partial charge < -0.3 is 4.74 Å². The minimum atomic E-state index is -5.62. The van der Waals surface area contributed by atoms with Crippen LogP contribution in [0.25, 0.3) is 0 Å². The smallest absolute Gasteiger partial charge is 0.425 e. The van der Waals surface area contributed by atoms with Gasteiger partial charge in [0.2, 0.25) is 0 Å². The van der Waals surface area contributed by atoms with Crippen LogP contribution in [0.2, 0.25) is 0 Å². The van der Waals surface area contributed by atoms with E-state index in [4.69, 9.17) is 0 Å². The fourth-order valence-corrected chi connectivity index (χ4v) is 1.29. The first-order chi connectivity index (χ1) is 8.13. The summed E-state index contributed by atoms with van der Waals surface area (Å²) >= 11 is 3.07. The lowest BCUT2D eigenvalue weighted by Crippen LogP contribution is -2.45. The zero-order chi connectivity index (χ0) is 14.0. The molecular formula is C10H7BrF6O. The van der Waals surface area contributed by atoms with Gasteiger partial charge in [-0.2, -0.15) is 22.0 Å². The monoisotopic (exact) mass is 336 g/mol. The summed E-state index contributed by atoms with van der Waals surface area (Å²) in [5, 5.41) is 0. The van der Waals surface area contributed by atoms with Crippen molar-refractivity contribution in [2.75, 3.05) is 6.61 Å². The van der Waals surface area contributed by atoms with Gasteiger partial charge in [0.05, 0.1) is 0 Å². The van der Waals surface area contributed by atoms with Crippen molar-refractivity contribution in [1.29, 1.82) is 0 Å². The normalized spacial score (nSPS) is 14.4. The van der Waals surface area contributed by atoms with Gasteiger partial charge in [-0.25, -0.2) is 4.39 Å². The SMILES string of the molecule is F[C@H](C(F)(F)F)C(F)(F)COc1ccc(Br)cc1. The molecular weight excluding hydrogens is 330 g/mol. The van der Waals surface area contributed by atoms with Crippen molar-refractivity contribution in [2.45, 2.75) is 18.3 Å². The highest BCUT2D eigenvalue weighted by atomic mass is 79.9. The Morgan fingerprint density at radius 2 is 1.56 bits per heavy atom. The van der Waals surface area contributed by atoms with Crippen LogP contribution >= 0.6 is 15.9 Å². The molecule has 0 saturated carbocycles. The lowest BCUT2D eigenvalue weighted by molar-refractivity contribution is -0.250. The molecule has 1 nitrogen and oxygen atoms in total. The Morgan fingerprint density at radius 1 is 1.06 bits per heavy atom. The Morgan fingerprint density at radius 3 is 2.00 bits per heavy atom. The summed E-state index contributed by atoms with van der Waals surface area (Å²) in [4.78, 5) is 0. The lowest BCUT2D eigenvalue weighted by Gasteiger charge is -2.22. The van der Waals surface area contributed by atoms with E-state index in [0.717, 1.165) is 0 Å². The van der Waals surface area contributed by atoms with Crippen molar-refractivity contribution in [3.8, 4) is 5.75 Å². The molecule has 1 aromatic carbocycles. The summed E-state index contributed by atoms with van der Waals surface area (Å²) in [7, 11) is 0. The summed E-state index contributed by atoms with van der Waals surface area (Å²) in [5.41, 5.74) is 0. The number of alkyl halides is 6. The van der Waals surface area contributed by atoms with Crippen LogP contribution in [0.15, 0.2) is 28.7 Å². The maximum absolute atomic E-state index is 12.8. The first-order valence-corrected chi connectivity index (χ1v) is 5.39. The van der Waals surface area contributed by atoms with Crippen molar-refractivity contribution < 1.29 is 31.1 Å². The van der Waals surface area contributed by atoms with Gasteiger partial charge in [0.1, 0.15) is 5.75 Å². The van der Waals surface area contributed by atoms with Gasteiger partial charge in [-0.15, -0.1) is 0 Å². The third-order valence-corrected chi connectivity index (χ3v) is 2.43. The molecule has 0 aliphatic rings. The molecule has 0 unspecified atom stereocenters. The molecule has 0 aliphatic heterocycles. The Balaban J connectivity index is 2.64. The Bertz CT molecular complexity index is 388. The van der Waals surface area contributed by atoms with Crippen LogP contribution in [0.1, 0.15) is 0 Å². The molecule has 0 spiro atoms. The van der Waals surface area contributed by atoms with Crippen LogP contribution in [0, 0.1) is 0 Å². The van der Waals surface area contributed by atoms with Crippen molar-refractivity contribution >= 4 is 15.9 Å². The number of rotatable bonds is 4. The second-order valence-corrected chi connectivity index (χ2v) is 4.32. The predicted octanol–water partition coefficient (Wildman–Crippen LogP) is 4.36. The van der Waals surface area contributed by atoms with Crippen LogP contribution in [-0.2, 0) is 0 Å². The highest BCUT2D eigenvalue weighted by molar-refractivity contribution is 9.10. The Labute approximate surface area is 107 Å². The molecule has 18 heavy (non-hydrogen) atoms. The fourth-order valence-electron chi connectivity index (χ4n) is 1.02. The van der Waals surface area contributed by atoms with Crippen molar-refractivity contribution in [3.63, 3.8) is 0 Å². The van der Waals surface area contributed by atoms with Crippen LogP contribution < -0.4 is 4.74 Å². The molecule has 102 valence electrons. The minimum absolute atomic E-state index is 0.0766. The third-order valence-electron chi connectivity index (χ3n) is 1.90. The van der Waals surface area contributed by atoms with E-state index in [0.29, 0.717) is 4.47 Å². The molecule has 0 fully saturated rings. The molecule has 0 aliphatic carbocycles. The first kappa shape index (κ1) is 15.1. The number of benzene rings is 1. The molecule has 0 radical (unpaired) electrons. The van der Waals surface area contributed by atoms with E-state index in [1.165, 1.54) is 24.3 Å². The van der Waals surface area contributed by atoms with Crippen molar-refractivity contribution in [2.24, 2.45) is 0 Å². The second-order valence-electron chi connectivity index (χ2n) is 3.41. The highest BCUT2D eigenvalue weighted by Crippen LogP contribution is 2.35. The molecule has 1 aromatic rings. The largest absolute Gasteiger partial charge is 0.487 e. The van der Waals surface area contributed by atoms with Gasteiger partial charge in [-0.3, -0.25) is 0 Å². The maximum atomic E-state index is 12.8. The molecule has 0 N–H and O–H groups in total. The quantitative estimate of drug-likeness (QED) is 0.742. The van der Waals surface area contributed by atoms with Gasteiger partial charge in [0.25, 0.3) is 6.17 Å². The highest BCUT2D eigenvalue weighted by Gasteiger charge is 2.57. The zero-order valence-electron chi connectivity index (χ0n) is 8.65. The van der Waals surface area contributed by atoms with Gasteiger partial charge in [0, 0.05) is 4.47 Å². The summed E-state index contributed by atoms with van der Waals surface area (Å²) in [6.45, 7) is -1.69. The van der Waals surface area contributed by atoms with Gasteiger partial charge in [-0.05, 0) is 24.3 Å². The summed E-state index contributed by atoms with van der Waals surface area (Å²) in [5.74, 6) is -4.71. The van der Waals surface area contributed by atoms with Crippen LogP contribution in [0.3, 0.4) is 0 Å². The van der Waals surface area contributed by atoms with E-state index in [1.54, 1.807) is 0 Å². The molecule has 8 heteroatoms. The lowest BCUT2D eigenvalue weighted by atomic mass is 10.2. The van der Waals surface area contributed by atoms with Crippen LogP contribution in [0.5, 0.6) is 5.75 Å².